The molecule has 204 valence electrons. The van der Waals surface area contributed by atoms with E-state index >= 15 is 0 Å². The number of ether oxygens (including phenoxy) is 1. The van der Waals surface area contributed by atoms with Crippen LogP contribution in [-0.2, 0) is 11.3 Å². The zero-order chi connectivity index (χ0) is 27.9. The van der Waals surface area contributed by atoms with Crippen LogP contribution in [0.2, 0.25) is 0 Å². The van der Waals surface area contributed by atoms with Crippen molar-refractivity contribution in [1.82, 2.24) is 4.57 Å². The van der Waals surface area contributed by atoms with Gasteiger partial charge in [0.1, 0.15) is 11.6 Å². The molecule has 0 saturated carbocycles. The molecule has 1 aromatic heterocycles. The van der Waals surface area contributed by atoms with Gasteiger partial charge in [0.15, 0.2) is 5.75 Å². The second kappa shape index (κ2) is 12.7. The van der Waals surface area contributed by atoms with Crippen molar-refractivity contribution in [3.8, 4) is 33.9 Å². The van der Waals surface area contributed by atoms with Gasteiger partial charge in [0.2, 0.25) is 0 Å². The Kier molecular flexibility index (Phi) is 9.17. The van der Waals surface area contributed by atoms with E-state index in [-0.39, 0.29) is 24.6 Å². The van der Waals surface area contributed by atoms with Crippen molar-refractivity contribution >= 4 is 5.97 Å². The van der Waals surface area contributed by atoms with E-state index in [4.69, 9.17) is 9.84 Å². The van der Waals surface area contributed by atoms with Gasteiger partial charge in [-0.2, -0.15) is 0 Å². The van der Waals surface area contributed by atoms with Crippen LogP contribution in [0.25, 0.3) is 22.4 Å². The fourth-order valence-electron chi connectivity index (χ4n) is 4.90. The molecule has 0 aliphatic heterocycles. The Morgan fingerprint density at radius 1 is 0.872 bits per heavy atom. The zero-order valence-electron chi connectivity index (χ0n) is 22.1. The molecule has 0 saturated heterocycles. The number of carboxylic acids is 1. The third-order valence-corrected chi connectivity index (χ3v) is 6.59. The largest absolute Gasteiger partial charge is 0.481 e. The molecular weight excluding hydrogens is 497 g/mol. The summed E-state index contributed by atoms with van der Waals surface area (Å²) in [6.07, 6.45) is -2.25. The number of carboxylic acid groups (broad SMARTS) is 1. The SMILES string of the molecule is CC(C)c1c(Oc2ccccc2)c(-c2ccccc2)c(-c2ccc(F)cc2)n1CC[C@@H](O)C[C@@H](O)CC(=O)O. The van der Waals surface area contributed by atoms with Gasteiger partial charge in [0.25, 0.3) is 0 Å². The van der Waals surface area contributed by atoms with Gasteiger partial charge >= 0.3 is 5.97 Å². The number of aliphatic carboxylic acids is 1. The Morgan fingerprint density at radius 2 is 1.49 bits per heavy atom. The van der Waals surface area contributed by atoms with E-state index in [1.807, 2.05) is 60.7 Å². The molecule has 4 rings (SSSR count). The lowest BCUT2D eigenvalue weighted by Gasteiger charge is -2.20. The highest BCUT2D eigenvalue weighted by atomic mass is 19.1. The summed E-state index contributed by atoms with van der Waals surface area (Å²) >= 11 is 0. The first-order valence-electron chi connectivity index (χ1n) is 13.1. The smallest absolute Gasteiger partial charge is 0.305 e. The molecule has 6 nitrogen and oxygen atoms in total. The number of aliphatic hydroxyl groups excluding tert-OH is 2. The summed E-state index contributed by atoms with van der Waals surface area (Å²) in [4.78, 5) is 11.0. The van der Waals surface area contributed by atoms with Crippen molar-refractivity contribution in [2.24, 2.45) is 0 Å². The van der Waals surface area contributed by atoms with Crippen LogP contribution < -0.4 is 4.74 Å². The fourth-order valence-corrected chi connectivity index (χ4v) is 4.90. The summed E-state index contributed by atoms with van der Waals surface area (Å²) in [6, 6.07) is 25.7. The number of aliphatic hydroxyl groups is 2. The average Bonchev–Trinajstić information content (AvgIpc) is 3.22. The molecule has 0 spiro atoms. The minimum atomic E-state index is -1.14. The summed E-state index contributed by atoms with van der Waals surface area (Å²) < 4.78 is 22.6. The monoisotopic (exact) mass is 531 g/mol. The van der Waals surface area contributed by atoms with E-state index in [0.717, 1.165) is 28.1 Å². The first-order chi connectivity index (χ1) is 18.7. The van der Waals surface area contributed by atoms with Crippen molar-refractivity contribution in [2.45, 2.75) is 57.8 Å². The van der Waals surface area contributed by atoms with Crippen LogP contribution in [0.15, 0.2) is 84.9 Å². The number of benzene rings is 3. The van der Waals surface area contributed by atoms with Gasteiger partial charge in [-0.15, -0.1) is 0 Å². The van der Waals surface area contributed by atoms with E-state index in [9.17, 15) is 19.4 Å². The maximum atomic E-state index is 14.0. The Hall–Kier alpha value is -3.94. The van der Waals surface area contributed by atoms with Crippen molar-refractivity contribution in [3.63, 3.8) is 0 Å². The molecule has 0 aliphatic carbocycles. The Bertz CT molecular complexity index is 1370. The minimum absolute atomic E-state index is 0.0233. The predicted octanol–water partition coefficient (Wildman–Crippen LogP) is 6.85. The molecular formula is C32H34FNO5. The molecule has 3 N–H and O–H groups in total. The number of hydrogen-bond acceptors (Lipinski definition) is 4. The Balaban J connectivity index is 1.88. The first-order valence-corrected chi connectivity index (χ1v) is 13.1. The van der Waals surface area contributed by atoms with Crippen LogP contribution in [0.4, 0.5) is 4.39 Å². The highest BCUT2D eigenvalue weighted by Crippen LogP contribution is 2.48. The van der Waals surface area contributed by atoms with Crippen molar-refractivity contribution in [1.29, 1.82) is 0 Å². The highest BCUT2D eigenvalue weighted by Gasteiger charge is 2.29. The van der Waals surface area contributed by atoms with Gasteiger partial charge in [-0.1, -0.05) is 62.4 Å². The molecule has 0 radical (unpaired) electrons. The molecule has 0 unspecified atom stereocenters. The van der Waals surface area contributed by atoms with Gasteiger partial charge in [-0.25, -0.2) is 4.39 Å². The van der Waals surface area contributed by atoms with Crippen LogP contribution in [0, 0.1) is 5.82 Å². The zero-order valence-corrected chi connectivity index (χ0v) is 22.1. The number of hydrogen-bond donors (Lipinski definition) is 3. The average molecular weight is 532 g/mol. The third kappa shape index (κ3) is 6.93. The molecule has 7 heteroatoms. The van der Waals surface area contributed by atoms with Crippen molar-refractivity contribution in [3.05, 3.63) is 96.4 Å². The van der Waals surface area contributed by atoms with Gasteiger partial charge in [-0.05, 0) is 66.3 Å². The van der Waals surface area contributed by atoms with Crippen molar-refractivity contribution < 1.29 is 29.2 Å². The van der Waals surface area contributed by atoms with Crippen LogP contribution >= 0.6 is 0 Å². The third-order valence-electron chi connectivity index (χ3n) is 6.59. The quantitative estimate of drug-likeness (QED) is 0.186. The van der Waals surface area contributed by atoms with Gasteiger partial charge in [0.05, 0.1) is 35.6 Å². The number of nitrogens with zero attached hydrogens (tertiary/aromatic N) is 1. The van der Waals surface area contributed by atoms with Gasteiger partial charge in [-0.3, -0.25) is 4.79 Å². The van der Waals surface area contributed by atoms with Crippen LogP contribution in [0.3, 0.4) is 0 Å². The first kappa shape index (κ1) is 28.1. The molecule has 4 aromatic rings. The molecule has 1 heterocycles. The Morgan fingerprint density at radius 3 is 2.08 bits per heavy atom. The summed E-state index contributed by atoms with van der Waals surface area (Å²) in [5.74, 6) is -0.0738. The lowest BCUT2D eigenvalue weighted by molar-refractivity contribution is -0.139. The highest BCUT2D eigenvalue weighted by molar-refractivity contribution is 5.88. The maximum Gasteiger partial charge on any atom is 0.305 e. The number of carbonyl (C=O) groups is 1. The van der Waals surface area contributed by atoms with Crippen molar-refractivity contribution in [2.75, 3.05) is 0 Å². The van der Waals surface area contributed by atoms with Crippen LogP contribution in [0.5, 0.6) is 11.5 Å². The molecule has 0 bridgehead atoms. The normalized spacial score (nSPS) is 12.9. The van der Waals surface area contributed by atoms with E-state index in [1.165, 1.54) is 12.1 Å². The maximum absolute atomic E-state index is 14.0. The number of rotatable bonds is 12. The molecule has 3 aromatic carbocycles. The summed E-state index contributed by atoms with van der Waals surface area (Å²) in [7, 11) is 0. The fraction of sp³-hybridized carbons (Fsp3) is 0.281. The number of aromatic nitrogens is 1. The standard InChI is InChI=1S/C32H34FNO5/c1-21(2)30-32(39-27-11-7-4-8-12-27)29(22-9-5-3-6-10-22)31(23-13-15-24(33)16-14-23)34(30)18-17-25(35)19-26(36)20-28(37)38/h3-16,21,25-26,35-36H,17-20H2,1-2H3,(H,37,38)/t25-,26-/m1/s1. The summed E-state index contributed by atoms with van der Waals surface area (Å²) in [6.45, 7) is 4.51. The van der Waals surface area contributed by atoms with Crippen LogP contribution in [-0.4, -0.2) is 38.1 Å². The van der Waals surface area contributed by atoms with E-state index < -0.39 is 24.6 Å². The van der Waals surface area contributed by atoms with Crippen LogP contribution in [0.1, 0.15) is 44.7 Å². The molecule has 39 heavy (non-hydrogen) atoms. The second-order valence-corrected chi connectivity index (χ2v) is 9.96. The van der Waals surface area contributed by atoms with E-state index in [0.29, 0.717) is 18.0 Å². The molecule has 0 fully saturated rings. The predicted molar refractivity (Wildman–Crippen MR) is 149 cm³/mol. The number of halogens is 1. The lowest BCUT2D eigenvalue weighted by Crippen LogP contribution is -2.22. The second-order valence-electron chi connectivity index (χ2n) is 9.96. The van der Waals surface area contributed by atoms with Gasteiger partial charge < -0.3 is 24.6 Å². The topological polar surface area (TPSA) is 91.9 Å². The Labute approximate surface area is 227 Å². The van der Waals surface area contributed by atoms with E-state index in [1.54, 1.807) is 12.1 Å². The lowest BCUT2D eigenvalue weighted by atomic mass is 9.99. The summed E-state index contributed by atoms with van der Waals surface area (Å²) in [5, 5.41) is 29.7. The molecule has 0 amide bonds. The minimum Gasteiger partial charge on any atom is -0.481 e. The number of para-hydroxylation sites is 1. The summed E-state index contributed by atoms with van der Waals surface area (Å²) in [5.41, 5.74) is 4.32. The molecule has 2 atom stereocenters. The van der Waals surface area contributed by atoms with Gasteiger partial charge in [0, 0.05) is 6.54 Å². The molecule has 0 aliphatic rings. The van der Waals surface area contributed by atoms with E-state index in [2.05, 4.69) is 18.4 Å².